The predicted molar refractivity (Wildman–Crippen MR) is 72.7 cm³/mol. The van der Waals surface area contributed by atoms with Gasteiger partial charge in [0.1, 0.15) is 0 Å². The highest BCUT2D eigenvalue weighted by Gasteiger charge is 2.19. The smallest absolute Gasteiger partial charge is 0.338 e. The largest absolute Gasteiger partial charge is 0.459 e. The topological polar surface area (TPSA) is 86.5 Å². The molecule has 7 heteroatoms. The Morgan fingerprint density at radius 2 is 2.05 bits per heavy atom. The van der Waals surface area contributed by atoms with Gasteiger partial charge in [-0.1, -0.05) is 18.5 Å². The first-order valence-corrected chi connectivity index (χ1v) is 7.63. The van der Waals surface area contributed by atoms with Gasteiger partial charge in [-0.15, -0.1) is 0 Å². The monoisotopic (exact) mass is 305 g/mol. The molecule has 1 aromatic rings. The van der Waals surface area contributed by atoms with Gasteiger partial charge in [-0.05, 0) is 38.0 Å². The standard InChI is InChI=1S/C12H16ClNO4S/c1-4-7(2)18-12(15)9-5-10(13)8(3)11(6-9)19(14,16)17/h5-7H,4H2,1-3H3,(H2,14,16,17). The Bertz CT molecular complexity index is 598. The number of carbonyl (C=O) groups excluding carboxylic acids is 1. The van der Waals surface area contributed by atoms with Crippen molar-refractivity contribution in [2.24, 2.45) is 5.14 Å². The zero-order valence-electron chi connectivity index (χ0n) is 10.9. The number of benzene rings is 1. The van der Waals surface area contributed by atoms with Crippen molar-refractivity contribution in [1.29, 1.82) is 0 Å². The number of primary sulfonamides is 1. The Morgan fingerprint density at radius 3 is 2.53 bits per heavy atom. The van der Waals surface area contributed by atoms with Gasteiger partial charge < -0.3 is 4.74 Å². The molecule has 1 unspecified atom stereocenters. The molecule has 1 aromatic carbocycles. The van der Waals surface area contributed by atoms with Gasteiger partial charge in [0, 0.05) is 5.02 Å². The van der Waals surface area contributed by atoms with Gasteiger partial charge in [-0.2, -0.15) is 0 Å². The van der Waals surface area contributed by atoms with Crippen molar-refractivity contribution in [2.45, 2.75) is 38.2 Å². The highest BCUT2D eigenvalue weighted by atomic mass is 35.5. The Hall–Kier alpha value is -1.11. The Balaban J connectivity index is 3.25. The van der Waals surface area contributed by atoms with E-state index >= 15 is 0 Å². The first kappa shape index (κ1) is 15.9. The average Bonchev–Trinajstić information content (AvgIpc) is 2.30. The number of hydrogen-bond acceptors (Lipinski definition) is 4. The molecular formula is C12H16ClNO4S. The van der Waals surface area contributed by atoms with Crippen LogP contribution in [0, 0.1) is 6.92 Å². The summed E-state index contributed by atoms with van der Waals surface area (Å²) in [6.07, 6.45) is 0.401. The zero-order chi connectivity index (χ0) is 14.8. The van der Waals surface area contributed by atoms with E-state index in [0.717, 1.165) is 0 Å². The summed E-state index contributed by atoms with van der Waals surface area (Å²) in [7, 11) is -3.94. The second-order valence-electron chi connectivity index (χ2n) is 4.25. The maximum Gasteiger partial charge on any atom is 0.338 e. The molecule has 0 spiro atoms. The molecule has 0 aliphatic carbocycles. The lowest BCUT2D eigenvalue weighted by molar-refractivity contribution is 0.0334. The van der Waals surface area contributed by atoms with Crippen molar-refractivity contribution in [2.75, 3.05) is 0 Å². The van der Waals surface area contributed by atoms with Crippen LogP contribution in [0.25, 0.3) is 0 Å². The lowest BCUT2D eigenvalue weighted by atomic mass is 10.1. The summed E-state index contributed by atoms with van der Waals surface area (Å²) in [6.45, 7) is 5.13. The third kappa shape index (κ3) is 3.92. The summed E-state index contributed by atoms with van der Waals surface area (Å²) in [5.41, 5.74) is 0.379. The molecule has 0 bridgehead atoms. The molecular weight excluding hydrogens is 290 g/mol. The van der Waals surface area contributed by atoms with E-state index in [0.29, 0.717) is 12.0 Å². The summed E-state index contributed by atoms with van der Waals surface area (Å²) in [4.78, 5) is 11.7. The number of sulfonamides is 1. The van der Waals surface area contributed by atoms with Gasteiger partial charge in [0.05, 0.1) is 16.6 Å². The highest BCUT2D eigenvalue weighted by Crippen LogP contribution is 2.25. The number of rotatable bonds is 4. The molecule has 0 saturated carbocycles. The molecule has 2 N–H and O–H groups in total. The summed E-state index contributed by atoms with van der Waals surface area (Å²) in [5.74, 6) is -0.624. The minimum absolute atomic E-state index is 0.0694. The summed E-state index contributed by atoms with van der Waals surface area (Å²) < 4.78 is 28.0. The van der Waals surface area contributed by atoms with Gasteiger partial charge in [-0.25, -0.2) is 18.4 Å². The van der Waals surface area contributed by atoms with Crippen molar-refractivity contribution in [3.8, 4) is 0 Å². The average molecular weight is 306 g/mol. The van der Waals surface area contributed by atoms with E-state index < -0.39 is 16.0 Å². The van der Waals surface area contributed by atoms with Gasteiger partial charge in [0.15, 0.2) is 0 Å². The fourth-order valence-corrected chi connectivity index (χ4v) is 2.50. The SMILES string of the molecule is CCC(C)OC(=O)c1cc(Cl)c(C)c(S(N)(=O)=O)c1. The van der Waals surface area contributed by atoms with Crippen LogP contribution in [-0.4, -0.2) is 20.5 Å². The van der Waals surface area contributed by atoms with Gasteiger partial charge >= 0.3 is 5.97 Å². The lowest BCUT2D eigenvalue weighted by Gasteiger charge is -2.13. The normalized spacial score (nSPS) is 13.1. The molecule has 0 amide bonds. The van der Waals surface area contributed by atoms with Crippen LogP contribution < -0.4 is 5.14 Å². The third-order valence-corrected chi connectivity index (χ3v) is 4.15. The van der Waals surface area contributed by atoms with Crippen LogP contribution >= 0.6 is 11.6 Å². The molecule has 0 radical (unpaired) electrons. The second-order valence-corrected chi connectivity index (χ2v) is 6.19. The number of hydrogen-bond donors (Lipinski definition) is 1. The van der Waals surface area contributed by atoms with E-state index in [1.54, 1.807) is 6.92 Å². The van der Waals surface area contributed by atoms with Crippen LogP contribution in [0.15, 0.2) is 17.0 Å². The highest BCUT2D eigenvalue weighted by molar-refractivity contribution is 7.89. The Morgan fingerprint density at radius 1 is 1.47 bits per heavy atom. The fourth-order valence-electron chi connectivity index (χ4n) is 1.40. The molecule has 0 aliphatic heterocycles. The number of carbonyl (C=O) groups is 1. The second kappa shape index (κ2) is 5.90. The van der Waals surface area contributed by atoms with Crippen LogP contribution in [0.5, 0.6) is 0 Å². The van der Waals surface area contributed by atoms with Gasteiger partial charge in [-0.3, -0.25) is 0 Å². The number of halogens is 1. The molecule has 0 fully saturated rings. The van der Waals surface area contributed by atoms with Crippen LogP contribution in [0.4, 0.5) is 0 Å². The van der Waals surface area contributed by atoms with E-state index in [1.165, 1.54) is 19.1 Å². The van der Waals surface area contributed by atoms with E-state index in [-0.39, 0.29) is 21.6 Å². The first-order chi connectivity index (χ1) is 8.66. The van der Waals surface area contributed by atoms with Crippen LogP contribution in [0.1, 0.15) is 36.2 Å². The third-order valence-electron chi connectivity index (χ3n) is 2.72. The molecule has 5 nitrogen and oxygen atoms in total. The number of esters is 1. The van der Waals surface area contributed by atoms with E-state index in [9.17, 15) is 13.2 Å². The van der Waals surface area contributed by atoms with Crippen molar-refractivity contribution in [3.05, 3.63) is 28.3 Å². The first-order valence-electron chi connectivity index (χ1n) is 5.70. The number of nitrogens with two attached hydrogens (primary N) is 1. The molecule has 0 heterocycles. The molecule has 0 aliphatic rings. The summed E-state index contributed by atoms with van der Waals surface area (Å²) >= 11 is 5.91. The van der Waals surface area contributed by atoms with Gasteiger partial charge in [0.2, 0.25) is 10.0 Å². The molecule has 0 saturated heterocycles. The van der Waals surface area contributed by atoms with Crippen molar-refractivity contribution in [1.82, 2.24) is 0 Å². The molecule has 1 rings (SSSR count). The van der Waals surface area contributed by atoms with Crippen molar-refractivity contribution in [3.63, 3.8) is 0 Å². The predicted octanol–water partition coefficient (Wildman–Crippen LogP) is 2.25. The molecule has 19 heavy (non-hydrogen) atoms. The van der Waals surface area contributed by atoms with Crippen molar-refractivity contribution >= 4 is 27.6 Å². The quantitative estimate of drug-likeness (QED) is 0.864. The minimum Gasteiger partial charge on any atom is -0.459 e. The van der Waals surface area contributed by atoms with Crippen LogP contribution in [0.3, 0.4) is 0 Å². The lowest BCUT2D eigenvalue weighted by Crippen LogP contribution is -2.17. The summed E-state index contributed by atoms with van der Waals surface area (Å²) in [5, 5.41) is 5.24. The molecule has 0 aromatic heterocycles. The Kier molecular flexibility index (Phi) is 4.95. The van der Waals surface area contributed by atoms with E-state index in [1.807, 2.05) is 6.92 Å². The van der Waals surface area contributed by atoms with Crippen LogP contribution in [-0.2, 0) is 14.8 Å². The molecule has 1 atom stereocenters. The summed E-state index contributed by atoms with van der Waals surface area (Å²) in [6, 6.07) is 2.55. The minimum atomic E-state index is -3.94. The van der Waals surface area contributed by atoms with Crippen molar-refractivity contribution < 1.29 is 17.9 Å². The maximum absolute atomic E-state index is 11.8. The van der Waals surface area contributed by atoms with E-state index in [4.69, 9.17) is 21.5 Å². The van der Waals surface area contributed by atoms with Crippen LogP contribution in [0.2, 0.25) is 5.02 Å². The fraction of sp³-hybridized carbons (Fsp3) is 0.417. The molecule has 106 valence electrons. The Labute approximate surface area is 117 Å². The van der Waals surface area contributed by atoms with Gasteiger partial charge in [0.25, 0.3) is 0 Å². The van der Waals surface area contributed by atoms with E-state index in [2.05, 4.69) is 0 Å². The zero-order valence-corrected chi connectivity index (χ0v) is 12.5. The number of ether oxygens (including phenoxy) is 1. The maximum atomic E-state index is 11.8.